The monoisotopic (exact) mass is 464 g/mol. The van der Waals surface area contributed by atoms with Gasteiger partial charge in [-0.1, -0.05) is 19.8 Å². The predicted octanol–water partition coefficient (Wildman–Crippen LogP) is 2.60. The van der Waals surface area contributed by atoms with Crippen molar-refractivity contribution in [2.75, 3.05) is 26.2 Å². The summed E-state index contributed by atoms with van der Waals surface area (Å²) >= 11 is 0. The van der Waals surface area contributed by atoms with Gasteiger partial charge in [-0.2, -0.15) is 5.48 Å². The van der Waals surface area contributed by atoms with Crippen LogP contribution >= 0.6 is 0 Å². The number of nitrogens with zero attached hydrogens (tertiary/aromatic N) is 2. The Morgan fingerprint density at radius 1 is 0.939 bits per heavy atom. The number of halogens is 1. The fraction of sp³-hybridized carbons (Fsp3) is 0.920. The van der Waals surface area contributed by atoms with E-state index in [4.69, 9.17) is 10.6 Å². The van der Waals surface area contributed by atoms with Crippen LogP contribution in [0.1, 0.15) is 71.1 Å². The van der Waals surface area contributed by atoms with Gasteiger partial charge in [-0.15, -0.1) is 0 Å². The zero-order chi connectivity index (χ0) is 23.2. The first kappa shape index (κ1) is 23.5. The molecule has 5 fully saturated rings. The molecule has 5 aliphatic rings. The van der Waals surface area contributed by atoms with Gasteiger partial charge < -0.3 is 15.5 Å². The molecular formula is C25H41FN4O3. The summed E-state index contributed by atoms with van der Waals surface area (Å²) in [4.78, 5) is 34.8. The van der Waals surface area contributed by atoms with Crippen LogP contribution in [-0.2, 0) is 14.4 Å². The van der Waals surface area contributed by atoms with E-state index >= 15 is 4.39 Å². The van der Waals surface area contributed by atoms with Crippen molar-refractivity contribution in [3.8, 4) is 0 Å². The molecule has 8 heteroatoms. The molecule has 5 rings (SSSR count). The van der Waals surface area contributed by atoms with Gasteiger partial charge in [-0.05, 0) is 62.7 Å². The minimum atomic E-state index is -1.05. The molecule has 2 amide bonds. The Labute approximate surface area is 196 Å². The van der Waals surface area contributed by atoms with Gasteiger partial charge in [-0.25, -0.2) is 4.39 Å². The van der Waals surface area contributed by atoms with E-state index in [2.05, 4.69) is 5.48 Å². The van der Waals surface area contributed by atoms with Gasteiger partial charge in [0.2, 0.25) is 11.8 Å². The highest BCUT2D eigenvalue weighted by Gasteiger charge is 2.48. The molecule has 0 bridgehead atoms. The number of hydroxylamine groups is 1. The van der Waals surface area contributed by atoms with Gasteiger partial charge in [0, 0.05) is 44.1 Å². The van der Waals surface area contributed by atoms with Crippen molar-refractivity contribution in [2.45, 2.75) is 89.6 Å². The van der Waals surface area contributed by atoms with Crippen molar-refractivity contribution in [3.63, 3.8) is 0 Å². The van der Waals surface area contributed by atoms with E-state index in [-0.39, 0.29) is 23.5 Å². The molecule has 0 aromatic heterocycles. The molecule has 0 aromatic rings. The van der Waals surface area contributed by atoms with Crippen molar-refractivity contribution in [3.05, 3.63) is 0 Å². The van der Waals surface area contributed by atoms with Crippen LogP contribution in [0.15, 0.2) is 0 Å². The molecule has 3 N–H and O–H groups in total. The Kier molecular flexibility index (Phi) is 6.71. The number of piperazine rings is 1. The van der Waals surface area contributed by atoms with Crippen LogP contribution in [0, 0.1) is 29.1 Å². The Hall–Kier alpha value is -1.25. The SMILES string of the molecule is CC1(C(=O)N2CCN(C(=O)C3CCC(C4CCCC(C5CC(N)ON5)C4)CC3F)CC2)CC1. The topological polar surface area (TPSA) is 87.9 Å². The highest BCUT2D eigenvalue weighted by molar-refractivity contribution is 5.85. The van der Waals surface area contributed by atoms with Gasteiger partial charge in [0.05, 0.1) is 5.92 Å². The highest BCUT2D eigenvalue weighted by atomic mass is 19.1. The number of hydrogen-bond donors (Lipinski definition) is 2. The minimum absolute atomic E-state index is 0.0338. The lowest BCUT2D eigenvalue weighted by molar-refractivity contribution is -0.147. The second kappa shape index (κ2) is 9.42. The number of rotatable bonds is 4. The van der Waals surface area contributed by atoms with Gasteiger partial charge in [0.1, 0.15) is 12.4 Å². The van der Waals surface area contributed by atoms with Gasteiger partial charge in [0.25, 0.3) is 0 Å². The smallest absolute Gasteiger partial charge is 0.228 e. The Morgan fingerprint density at radius 3 is 2.24 bits per heavy atom. The second-order valence-corrected chi connectivity index (χ2v) is 11.7. The molecule has 2 heterocycles. The van der Waals surface area contributed by atoms with E-state index in [0.29, 0.717) is 62.8 Å². The lowest BCUT2D eigenvalue weighted by Gasteiger charge is -2.42. The molecule has 33 heavy (non-hydrogen) atoms. The predicted molar refractivity (Wildman–Crippen MR) is 122 cm³/mol. The molecule has 3 aliphatic carbocycles. The summed E-state index contributed by atoms with van der Waals surface area (Å²) in [7, 11) is 0. The first-order chi connectivity index (χ1) is 15.8. The minimum Gasteiger partial charge on any atom is -0.339 e. The molecule has 7 atom stereocenters. The van der Waals surface area contributed by atoms with Gasteiger partial charge >= 0.3 is 0 Å². The number of nitrogens with one attached hydrogen (secondary N) is 1. The number of amides is 2. The molecule has 2 saturated heterocycles. The fourth-order valence-electron chi connectivity index (χ4n) is 6.87. The Morgan fingerprint density at radius 2 is 1.61 bits per heavy atom. The van der Waals surface area contributed by atoms with E-state index in [1.807, 2.05) is 16.7 Å². The highest BCUT2D eigenvalue weighted by Crippen LogP contribution is 2.47. The average molecular weight is 465 g/mol. The van der Waals surface area contributed by atoms with Crippen LogP contribution in [0.2, 0.25) is 0 Å². The van der Waals surface area contributed by atoms with E-state index in [1.54, 1.807) is 0 Å². The first-order valence-corrected chi connectivity index (χ1v) is 13.2. The maximum atomic E-state index is 15.3. The standard InChI is InChI=1S/C25H41FN4O3/c1-25(7-8-25)24(32)30-11-9-29(10-12-30)23(31)19-6-5-17(14-20(19)26)16-3-2-4-18(13-16)21-15-22(27)33-28-21/h16-22,28H,2-15,27H2,1H3. The van der Waals surface area contributed by atoms with Crippen molar-refractivity contribution < 1.29 is 18.8 Å². The molecule has 2 aliphatic heterocycles. The van der Waals surface area contributed by atoms with Crippen molar-refractivity contribution >= 4 is 11.8 Å². The van der Waals surface area contributed by atoms with Crippen molar-refractivity contribution in [1.29, 1.82) is 0 Å². The summed E-state index contributed by atoms with van der Waals surface area (Å²) in [5.41, 5.74) is 8.83. The van der Waals surface area contributed by atoms with Gasteiger partial charge in [-0.3, -0.25) is 14.4 Å². The molecule has 3 saturated carbocycles. The van der Waals surface area contributed by atoms with Crippen LogP contribution in [0.3, 0.4) is 0 Å². The summed E-state index contributed by atoms with van der Waals surface area (Å²) in [5.74, 6) is 1.14. The molecule has 186 valence electrons. The van der Waals surface area contributed by atoms with Crippen LogP contribution in [-0.4, -0.2) is 66.2 Å². The quantitative estimate of drug-likeness (QED) is 0.668. The van der Waals surface area contributed by atoms with E-state index < -0.39 is 12.1 Å². The molecule has 0 radical (unpaired) electrons. The lowest BCUT2D eigenvalue weighted by Crippen LogP contribution is -2.54. The van der Waals surface area contributed by atoms with Crippen LogP contribution in [0.4, 0.5) is 4.39 Å². The Balaban J connectivity index is 1.10. The first-order valence-electron chi connectivity index (χ1n) is 13.2. The zero-order valence-corrected chi connectivity index (χ0v) is 20.0. The fourth-order valence-corrected chi connectivity index (χ4v) is 6.87. The van der Waals surface area contributed by atoms with Crippen LogP contribution in [0.5, 0.6) is 0 Å². The summed E-state index contributed by atoms with van der Waals surface area (Å²) in [6.07, 6.45) is 8.27. The normalized spacial score (nSPS) is 41.1. The summed E-state index contributed by atoms with van der Waals surface area (Å²) < 4.78 is 15.3. The summed E-state index contributed by atoms with van der Waals surface area (Å²) in [6.45, 7) is 4.27. The van der Waals surface area contributed by atoms with Gasteiger partial charge in [0.15, 0.2) is 0 Å². The largest absolute Gasteiger partial charge is 0.339 e. The maximum absolute atomic E-state index is 15.3. The average Bonchev–Trinajstić information content (AvgIpc) is 3.44. The van der Waals surface area contributed by atoms with E-state index in [1.165, 1.54) is 19.3 Å². The van der Waals surface area contributed by atoms with Crippen LogP contribution in [0.25, 0.3) is 0 Å². The second-order valence-electron chi connectivity index (χ2n) is 11.7. The maximum Gasteiger partial charge on any atom is 0.228 e. The van der Waals surface area contributed by atoms with Crippen molar-refractivity contribution in [1.82, 2.24) is 15.3 Å². The molecule has 7 unspecified atom stereocenters. The summed E-state index contributed by atoms with van der Waals surface area (Å²) in [5, 5.41) is 0. The number of nitrogens with two attached hydrogens (primary N) is 1. The number of carbonyl (C=O) groups is 2. The third-order valence-corrected chi connectivity index (χ3v) is 9.37. The lowest BCUT2D eigenvalue weighted by atomic mass is 9.66. The number of carbonyl (C=O) groups excluding carboxylic acids is 2. The molecule has 0 aromatic carbocycles. The zero-order valence-electron chi connectivity index (χ0n) is 20.0. The van der Waals surface area contributed by atoms with Crippen LogP contribution < -0.4 is 11.2 Å². The summed E-state index contributed by atoms with van der Waals surface area (Å²) in [6, 6.07) is 0.315. The third kappa shape index (κ3) is 4.94. The number of alkyl halides is 1. The molecular weight excluding hydrogens is 423 g/mol. The number of hydrogen-bond acceptors (Lipinski definition) is 5. The van der Waals surface area contributed by atoms with E-state index in [0.717, 1.165) is 32.1 Å². The third-order valence-electron chi connectivity index (χ3n) is 9.37. The molecule has 0 spiro atoms. The molecule has 7 nitrogen and oxygen atoms in total. The van der Waals surface area contributed by atoms with Crippen molar-refractivity contribution in [2.24, 2.45) is 34.8 Å². The Bertz CT molecular complexity index is 739. The van der Waals surface area contributed by atoms with E-state index in [9.17, 15) is 9.59 Å².